The maximum Gasteiger partial charge on any atom is 0.404 e. The van der Waals surface area contributed by atoms with Gasteiger partial charge >= 0.3 is 12.1 Å². The second kappa shape index (κ2) is 12.4. The molecule has 0 saturated heterocycles. The molecule has 1 amide bonds. The Morgan fingerprint density at radius 1 is 1.14 bits per heavy atom. The first kappa shape index (κ1) is 33.7. The van der Waals surface area contributed by atoms with E-state index in [1.54, 1.807) is 13.8 Å². The van der Waals surface area contributed by atoms with Gasteiger partial charge in [-0.15, -0.1) is 21.5 Å². The van der Waals surface area contributed by atoms with Crippen LogP contribution >= 0.6 is 34.5 Å². The highest BCUT2D eigenvalue weighted by molar-refractivity contribution is 7.89. The molecule has 2 heterocycles. The molecule has 11 nitrogen and oxygen atoms in total. The summed E-state index contributed by atoms with van der Waals surface area (Å²) < 4.78 is 71.5. The molecule has 1 aromatic carbocycles. The van der Waals surface area contributed by atoms with Crippen molar-refractivity contribution < 1.29 is 40.7 Å². The molecule has 3 rings (SSSR count). The number of aliphatic carboxylic acids is 1. The van der Waals surface area contributed by atoms with Gasteiger partial charge in [0.15, 0.2) is 5.01 Å². The lowest BCUT2D eigenvalue weighted by molar-refractivity contribution is -0.147. The number of carboxylic acids is 1. The van der Waals surface area contributed by atoms with Gasteiger partial charge in [-0.25, -0.2) is 13.4 Å². The Labute approximate surface area is 253 Å². The summed E-state index contributed by atoms with van der Waals surface area (Å²) in [7, 11) is -4.75. The first-order chi connectivity index (χ1) is 19.3. The number of carbonyl (C=O) groups excluding carboxylic acids is 1. The number of benzene rings is 1. The van der Waals surface area contributed by atoms with Crippen molar-refractivity contribution in [3.05, 3.63) is 33.8 Å². The molecule has 0 unspecified atom stereocenters. The summed E-state index contributed by atoms with van der Waals surface area (Å²) in [5, 5.41) is 16.4. The van der Waals surface area contributed by atoms with Crippen molar-refractivity contribution in [1.29, 1.82) is 0 Å². The first-order valence-electron chi connectivity index (χ1n) is 12.3. The van der Waals surface area contributed by atoms with Crippen molar-refractivity contribution in [3.63, 3.8) is 0 Å². The highest BCUT2D eigenvalue weighted by atomic mass is 35.5. The topological polar surface area (TPSA) is 156 Å². The fourth-order valence-corrected chi connectivity index (χ4v) is 6.70. The van der Waals surface area contributed by atoms with E-state index < -0.39 is 49.5 Å². The summed E-state index contributed by atoms with van der Waals surface area (Å²) in [5.41, 5.74) is -1.22. The van der Waals surface area contributed by atoms with Crippen molar-refractivity contribution in [1.82, 2.24) is 24.8 Å². The molecular formula is C24H26Cl2F3N5O6S2. The Bertz CT molecular complexity index is 1600. The number of thiazole rings is 1. The number of hydrogen-bond acceptors (Lipinski definition) is 9. The number of halogens is 5. The number of nitrogens with zero attached hydrogens (tertiary/aromatic N) is 4. The fourth-order valence-electron chi connectivity index (χ4n) is 3.54. The van der Waals surface area contributed by atoms with E-state index in [0.717, 1.165) is 17.4 Å². The van der Waals surface area contributed by atoms with E-state index in [0.29, 0.717) is 20.0 Å². The van der Waals surface area contributed by atoms with Crippen molar-refractivity contribution in [2.24, 2.45) is 5.41 Å². The second-order valence-corrected chi connectivity index (χ2v) is 13.1. The zero-order valence-electron chi connectivity index (χ0n) is 22.8. The lowest BCUT2D eigenvalue weighted by Gasteiger charge is -2.19. The number of amides is 1. The minimum Gasteiger partial charge on any atom is -0.481 e. The molecule has 0 bridgehead atoms. The van der Waals surface area contributed by atoms with Crippen LogP contribution in [-0.4, -0.2) is 70.8 Å². The van der Waals surface area contributed by atoms with Crippen LogP contribution in [-0.2, 0) is 21.2 Å². The van der Waals surface area contributed by atoms with E-state index in [9.17, 15) is 36.3 Å². The van der Waals surface area contributed by atoms with Gasteiger partial charge in [0, 0.05) is 25.1 Å². The van der Waals surface area contributed by atoms with Gasteiger partial charge < -0.3 is 14.4 Å². The molecule has 0 aliphatic carbocycles. The van der Waals surface area contributed by atoms with Crippen LogP contribution in [0.1, 0.15) is 51.0 Å². The number of nitrogens with one attached hydrogen (secondary N) is 1. The molecule has 2 aromatic heterocycles. The Morgan fingerprint density at radius 3 is 2.31 bits per heavy atom. The summed E-state index contributed by atoms with van der Waals surface area (Å²) in [6.07, 6.45) is -4.93. The number of sulfonamides is 1. The normalized spacial score (nSPS) is 13.3. The van der Waals surface area contributed by atoms with E-state index in [2.05, 4.69) is 15.2 Å². The number of carbonyl (C=O) groups is 2. The first-order valence-corrected chi connectivity index (χ1v) is 15.3. The molecule has 0 saturated carbocycles. The lowest BCUT2D eigenvalue weighted by Crippen LogP contribution is -2.43. The summed E-state index contributed by atoms with van der Waals surface area (Å²) in [5.74, 6) is -1.68. The third kappa shape index (κ3) is 7.05. The maximum absolute atomic E-state index is 13.4. The number of alkyl halides is 3. The van der Waals surface area contributed by atoms with E-state index in [4.69, 9.17) is 27.6 Å². The molecular weight excluding hydrogens is 646 g/mol. The van der Waals surface area contributed by atoms with Crippen LogP contribution in [0.2, 0.25) is 10.0 Å². The molecule has 0 radical (unpaired) electrons. The van der Waals surface area contributed by atoms with Gasteiger partial charge in [0.2, 0.25) is 15.9 Å². The number of rotatable bonds is 11. The maximum atomic E-state index is 13.4. The molecule has 0 fully saturated rings. The number of aromatic nitrogens is 3. The molecule has 0 spiro atoms. The van der Waals surface area contributed by atoms with Gasteiger partial charge in [0.25, 0.3) is 11.8 Å². The van der Waals surface area contributed by atoms with E-state index >= 15 is 0 Å². The Morgan fingerprint density at radius 2 is 1.76 bits per heavy atom. The third-order valence-electron chi connectivity index (χ3n) is 6.11. The summed E-state index contributed by atoms with van der Waals surface area (Å²) in [6, 6.07) is -0.232. The molecule has 0 aliphatic heterocycles. The van der Waals surface area contributed by atoms with E-state index in [1.165, 1.54) is 29.5 Å². The van der Waals surface area contributed by atoms with Crippen LogP contribution in [0.4, 0.5) is 13.2 Å². The molecule has 0 aliphatic rings. The van der Waals surface area contributed by atoms with Crippen molar-refractivity contribution in [3.8, 4) is 21.3 Å². The second-order valence-electron chi connectivity index (χ2n) is 9.66. The molecule has 230 valence electrons. The SMILES string of the molecule is CCN(CC)C(=O)c1nc(-c2nnc(CC(C)(C)C(=O)O)o2)sc1-c1ccc(S(=O)(=O)N[C@@H](C)C(F)(F)F)c(Cl)c1Cl. The van der Waals surface area contributed by atoms with E-state index in [-0.39, 0.29) is 44.4 Å². The zero-order valence-corrected chi connectivity index (χ0v) is 26.0. The average Bonchev–Trinajstić information content (AvgIpc) is 3.52. The molecule has 1 atom stereocenters. The molecule has 42 heavy (non-hydrogen) atoms. The predicted molar refractivity (Wildman–Crippen MR) is 149 cm³/mol. The minimum atomic E-state index is -4.85. The summed E-state index contributed by atoms with van der Waals surface area (Å²) >= 11 is 13.6. The van der Waals surface area contributed by atoms with Crippen molar-refractivity contribution in [2.45, 2.75) is 58.2 Å². The smallest absolute Gasteiger partial charge is 0.404 e. The molecule has 2 N–H and O–H groups in total. The fraction of sp³-hybridized carbons (Fsp3) is 0.458. The predicted octanol–water partition coefficient (Wildman–Crippen LogP) is 5.53. The summed E-state index contributed by atoms with van der Waals surface area (Å²) in [4.78, 5) is 30.2. The highest BCUT2D eigenvalue weighted by Crippen LogP contribution is 2.43. The monoisotopic (exact) mass is 671 g/mol. The third-order valence-corrected chi connectivity index (χ3v) is 9.76. The molecule has 3 aromatic rings. The summed E-state index contributed by atoms with van der Waals surface area (Å²) in [6.45, 7) is 7.75. The minimum absolute atomic E-state index is 0.0157. The van der Waals surface area contributed by atoms with Gasteiger partial charge in [-0.3, -0.25) is 9.59 Å². The number of carboxylic acid groups (broad SMARTS) is 1. The standard InChI is InChI=1S/C24H26Cl2F3N5O6S2/c1-6-34(7-2)21(35)17-18(41-20(30-17)19-32-31-14(40-19)10-23(4,5)22(36)37)12-8-9-13(16(26)15(12)25)42(38,39)33-11(3)24(27,28)29/h8-9,11,33H,6-7,10H2,1-5H3,(H,36,37)/t11-/m0/s1. The van der Waals surface area contributed by atoms with Gasteiger partial charge in [-0.2, -0.15) is 17.9 Å². The Kier molecular flexibility index (Phi) is 9.99. The van der Waals surface area contributed by atoms with Gasteiger partial charge in [0.1, 0.15) is 16.6 Å². The van der Waals surface area contributed by atoms with Crippen LogP contribution in [0, 0.1) is 5.41 Å². The number of hydrogen-bond donors (Lipinski definition) is 2. The zero-order chi connectivity index (χ0) is 31.8. The van der Waals surface area contributed by atoms with Gasteiger partial charge in [-0.05, 0) is 40.7 Å². The average molecular weight is 673 g/mol. The van der Waals surface area contributed by atoms with Gasteiger partial charge in [-0.1, -0.05) is 29.3 Å². The lowest BCUT2D eigenvalue weighted by atomic mass is 9.90. The van der Waals surface area contributed by atoms with Crippen molar-refractivity contribution >= 4 is 56.4 Å². The molecule has 18 heteroatoms. The van der Waals surface area contributed by atoms with Crippen LogP contribution in [0.5, 0.6) is 0 Å². The quantitative estimate of drug-likeness (QED) is 0.267. The highest BCUT2D eigenvalue weighted by Gasteiger charge is 2.40. The van der Waals surface area contributed by atoms with Crippen molar-refractivity contribution in [2.75, 3.05) is 13.1 Å². The van der Waals surface area contributed by atoms with Crippen LogP contribution in [0.25, 0.3) is 21.3 Å². The van der Waals surface area contributed by atoms with Crippen LogP contribution < -0.4 is 4.72 Å². The van der Waals surface area contributed by atoms with E-state index in [1.807, 2.05) is 0 Å². The van der Waals surface area contributed by atoms with Gasteiger partial charge in [0.05, 0.1) is 20.3 Å². The Hall–Kier alpha value is -2.79. The largest absolute Gasteiger partial charge is 0.481 e. The van der Waals surface area contributed by atoms with Crippen LogP contribution in [0.15, 0.2) is 21.4 Å². The van der Waals surface area contributed by atoms with Crippen LogP contribution in [0.3, 0.4) is 0 Å². The Balaban J connectivity index is 2.13.